The van der Waals surface area contributed by atoms with Crippen molar-refractivity contribution in [3.63, 3.8) is 0 Å². The molecule has 3 aromatic rings. The van der Waals surface area contributed by atoms with Gasteiger partial charge in [0.25, 0.3) is 5.91 Å². The molecule has 0 aromatic heterocycles. The molecule has 2 aliphatic heterocycles. The molecule has 0 bridgehead atoms. The van der Waals surface area contributed by atoms with Crippen LogP contribution in [0, 0.1) is 0 Å². The smallest absolute Gasteiger partial charge is 0.270 e. The van der Waals surface area contributed by atoms with Gasteiger partial charge in [-0.3, -0.25) is 4.79 Å². The third kappa shape index (κ3) is 2.77. The Hall–Kier alpha value is -3.47. The molecule has 134 valence electrons. The fraction of sp³-hybridized carbons (Fsp3) is 0.136. The molecule has 5 nitrogen and oxygen atoms in total. The van der Waals surface area contributed by atoms with Crippen LogP contribution >= 0.6 is 0 Å². The molecular formula is C22H17NO4. The lowest BCUT2D eigenvalue weighted by Gasteiger charge is -2.28. The zero-order valence-corrected chi connectivity index (χ0v) is 14.5. The van der Waals surface area contributed by atoms with Gasteiger partial charge >= 0.3 is 0 Å². The fourth-order valence-corrected chi connectivity index (χ4v) is 3.50. The first-order valence-corrected chi connectivity index (χ1v) is 8.81. The van der Waals surface area contributed by atoms with Crippen molar-refractivity contribution in [1.29, 1.82) is 0 Å². The van der Waals surface area contributed by atoms with Crippen molar-refractivity contribution in [3.8, 4) is 17.2 Å². The van der Waals surface area contributed by atoms with Crippen LogP contribution in [0.25, 0.3) is 0 Å². The SMILES string of the molecule is O=C1Nc2cc3c(c(Cc4ccccc4)c2OC1c1ccccc1)OCO3. The van der Waals surface area contributed by atoms with Crippen LogP contribution in [0.15, 0.2) is 66.7 Å². The zero-order chi connectivity index (χ0) is 18.2. The maximum absolute atomic E-state index is 12.6. The molecule has 5 heteroatoms. The topological polar surface area (TPSA) is 56.8 Å². The number of fused-ring (bicyclic) bond motifs is 2. The van der Waals surface area contributed by atoms with Gasteiger partial charge in [-0.25, -0.2) is 0 Å². The Morgan fingerprint density at radius 2 is 1.67 bits per heavy atom. The van der Waals surface area contributed by atoms with Gasteiger partial charge in [0.2, 0.25) is 12.9 Å². The van der Waals surface area contributed by atoms with Crippen molar-refractivity contribution in [2.45, 2.75) is 12.5 Å². The van der Waals surface area contributed by atoms with Crippen LogP contribution in [-0.2, 0) is 11.2 Å². The standard InChI is InChI=1S/C22H17NO4/c24-22-19(15-9-5-2-6-10-15)27-20-16(11-14-7-3-1-4-8-14)21-18(25-13-26-21)12-17(20)23-22/h1-10,12,19H,11,13H2,(H,23,24). The van der Waals surface area contributed by atoms with E-state index in [1.54, 1.807) is 6.07 Å². The van der Waals surface area contributed by atoms with Crippen LogP contribution in [0.3, 0.4) is 0 Å². The van der Waals surface area contributed by atoms with Gasteiger partial charge in [-0.2, -0.15) is 0 Å². The summed E-state index contributed by atoms with van der Waals surface area (Å²) in [6.07, 6.45) is -0.0822. The largest absolute Gasteiger partial charge is 0.473 e. The van der Waals surface area contributed by atoms with E-state index in [4.69, 9.17) is 14.2 Å². The van der Waals surface area contributed by atoms with Gasteiger partial charge in [-0.05, 0) is 5.56 Å². The third-order valence-corrected chi connectivity index (χ3v) is 4.77. The Morgan fingerprint density at radius 3 is 2.44 bits per heavy atom. The number of carbonyl (C=O) groups excluding carboxylic acids is 1. The van der Waals surface area contributed by atoms with Crippen molar-refractivity contribution in [2.75, 3.05) is 12.1 Å². The molecule has 5 rings (SSSR count). The second-order valence-corrected chi connectivity index (χ2v) is 6.53. The minimum Gasteiger partial charge on any atom is -0.473 e. The van der Waals surface area contributed by atoms with Crippen LogP contribution in [0.2, 0.25) is 0 Å². The lowest BCUT2D eigenvalue weighted by Crippen LogP contribution is -2.30. The van der Waals surface area contributed by atoms with Crippen LogP contribution < -0.4 is 19.5 Å². The van der Waals surface area contributed by atoms with E-state index >= 15 is 0 Å². The summed E-state index contributed by atoms with van der Waals surface area (Å²) in [5.74, 6) is 1.75. The van der Waals surface area contributed by atoms with Crippen LogP contribution in [0.4, 0.5) is 5.69 Å². The molecular weight excluding hydrogens is 342 g/mol. The number of ether oxygens (including phenoxy) is 3. The van der Waals surface area contributed by atoms with Gasteiger partial charge in [0.1, 0.15) is 0 Å². The van der Waals surface area contributed by atoms with Gasteiger partial charge in [0.05, 0.1) is 5.69 Å². The summed E-state index contributed by atoms with van der Waals surface area (Å²) in [5.41, 5.74) is 3.43. The molecule has 1 unspecified atom stereocenters. The summed E-state index contributed by atoms with van der Waals surface area (Å²) in [6, 6.07) is 21.3. The van der Waals surface area contributed by atoms with Gasteiger partial charge in [0.15, 0.2) is 17.2 Å². The van der Waals surface area contributed by atoms with Crippen molar-refractivity contribution in [2.24, 2.45) is 0 Å². The average Bonchev–Trinajstić information content (AvgIpc) is 3.17. The van der Waals surface area contributed by atoms with E-state index in [1.807, 2.05) is 48.5 Å². The highest BCUT2D eigenvalue weighted by atomic mass is 16.7. The minimum absolute atomic E-state index is 0.163. The Balaban J connectivity index is 1.61. The van der Waals surface area contributed by atoms with E-state index in [1.165, 1.54) is 0 Å². The molecule has 0 saturated carbocycles. The fourth-order valence-electron chi connectivity index (χ4n) is 3.50. The predicted molar refractivity (Wildman–Crippen MR) is 100 cm³/mol. The number of rotatable bonds is 3. The van der Waals surface area contributed by atoms with Crippen LogP contribution in [0.1, 0.15) is 22.8 Å². The average molecular weight is 359 g/mol. The first-order valence-electron chi connectivity index (χ1n) is 8.81. The second-order valence-electron chi connectivity index (χ2n) is 6.53. The van der Waals surface area contributed by atoms with Gasteiger partial charge < -0.3 is 19.5 Å². The van der Waals surface area contributed by atoms with Crippen molar-refractivity contribution in [3.05, 3.63) is 83.4 Å². The highest BCUT2D eigenvalue weighted by molar-refractivity contribution is 5.99. The molecule has 2 heterocycles. The number of nitrogens with one attached hydrogen (secondary N) is 1. The summed E-state index contributed by atoms with van der Waals surface area (Å²) in [6.45, 7) is 0.163. The van der Waals surface area contributed by atoms with E-state index in [-0.39, 0.29) is 12.7 Å². The van der Waals surface area contributed by atoms with E-state index in [0.29, 0.717) is 29.4 Å². The Bertz CT molecular complexity index is 1000. The summed E-state index contributed by atoms with van der Waals surface area (Å²) in [5, 5.41) is 2.96. The molecule has 2 aliphatic rings. The van der Waals surface area contributed by atoms with Gasteiger partial charge in [0, 0.05) is 23.6 Å². The summed E-state index contributed by atoms with van der Waals surface area (Å²) < 4.78 is 17.5. The second kappa shape index (κ2) is 6.36. The molecule has 0 spiro atoms. The van der Waals surface area contributed by atoms with E-state index in [9.17, 15) is 4.79 Å². The van der Waals surface area contributed by atoms with Crippen molar-refractivity contribution in [1.82, 2.24) is 0 Å². The molecule has 3 aromatic carbocycles. The van der Waals surface area contributed by atoms with E-state index in [2.05, 4.69) is 17.4 Å². The molecule has 0 fully saturated rings. The lowest BCUT2D eigenvalue weighted by atomic mass is 9.99. The Labute approximate surface area is 156 Å². The maximum atomic E-state index is 12.6. The van der Waals surface area contributed by atoms with Crippen molar-refractivity contribution < 1.29 is 19.0 Å². The number of anilines is 1. The molecule has 0 aliphatic carbocycles. The van der Waals surface area contributed by atoms with Crippen molar-refractivity contribution >= 4 is 11.6 Å². The summed E-state index contributed by atoms with van der Waals surface area (Å²) in [7, 11) is 0. The molecule has 1 N–H and O–H groups in total. The number of amides is 1. The zero-order valence-electron chi connectivity index (χ0n) is 14.5. The monoisotopic (exact) mass is 359 g/mol. The van der Waals surface area contributed by atoms with Crippen LogP contribution in [-0.4, -0.2) is 12.7 Å². The number of carbonyl (C=O) groups is 1. The molecule has 1 amide bonds. The van der Waals surface area contributed by atoms with E-state index in [0.717, 1.165) is 16.7 Å². The number of hydrogen-bond donors (Lipinski definition) is 1. The first kappa shape index (κ1) is 15.8. The maximum Gasteiger partial charge on any atom is 0.270 e. The third-order valence-electron chi connectivity index (χ3n) is 4.77. The quantitative estimate of drug-likeness (QED) is 0.766. The Kier molecular flexibility index (Phi) is 3.71. The van der Waals surface area contributed by atoms with E-state index < -0.39 is 6.10 Å². The molecule has 1 atom stereocenters. The van der Waals surface area contributed by atoms with Crippen LogP contribution in [0.5, 0.6) is 17.2 Å². The van der Waals surface area contributed by atoms with Gasteiger partial charge in [-0.1, -0.05) is 60.7 Å². The summed E-state index contributed by atoms with van der Waals surface area (Å²) >= 11 is 0. The highest BCUT2D eigenvalue weighted by Gasteiger charge is 2.34. The summed E-state index contributed by atoms with van der Waals surface area (Å²) in [4.78, 5) is 12.6. The number of benzene rings is 3. The first-order chi connectivity index (χ1) is 13.3. The minimum atomic E-state index is -0.700. The lowest BCUT2D eigenvalue weighted by molar-refractivity contribution is -0.123. The number of hydrogen-bond acceptors (Lipinski definition) is 4. The van der Waals surface area contributed by atoms with Gasteiger partial charge in [-0.15, -0.1) is 0 Å². The predicted octanol–water partition coefficient (Wildman–Crippen LogP) is 4.08. The normalized spacial score (nSPS) is 17.0. The molecule has 0 radical (unpaired) electrons. The molecule has 0 saturated heterocycles. The Morgan fingerprint density at radius 1 is 0.926 bits per heavy atom. The molecule has 27 heavy (non-hydrogen) atoms. The highest BCUT2D eigenvalue weighted by Crippen LogP contribution is 2.49.